The van der Waals surface area contributed by atoms with Crippen LogP contribution < -0.4 is 5.32 Å². The summed E-state index contributed by atoms with van der Waals surface area (Å²) in [6.45, 7) is 11.0. The van der Waals surface area contributed by atoms with Crippen LogP contribution in [-0.4, -0.2) is 61.1 Å². The second kappa shape index (κ2) is 8.01. The molecule has 20 heavy (non-hydrogen) atoms. The van der Waals surface area contributed by atoms with Crippen LogP contribution in [0.25, 0.3) is 0 Å². The Hall–Kier alpha value is 0.220. The van der Waals surface area contributed by atoms with Crippen LogP contribution in [0.3, 0.4) is 0 Å². The van der Waals surface area contributed by atoms with Gasteiger partial charge in [-0.1, -0.05) is 6.92 Å². The predicted octanol–water partition coefficient (Wildman–Crippen LogP) is 1.96. The highest BCUT2D eigenvalue weighted by Gasteiger charge is 2.32. The van der Waals surface area contributed by atoms with Crippen molar-refractivity contribution in [2.75, 3.05) is 36.9 Å². The smallest absolute Gasteiger partial charge is 0.166 e. The van der Waals surface area contributed by atoms with Gasteiger partial charge in [-0.3, -0.25) is 4.90 Å². The SMILES string of the molecule is CCS(=O)(=O)C1CSCCN1CCCCNC(C)(C)C. The van der Waals surface area contributed by atoms with Crippen LogP contribution in [0.2, 0.25) is 0 Å². The van der Waals surface area contributed by atoms with Gasteiger partial charge in [0.1, 0.15) is 5.37 Å². The highest BCUT2D eigenvalue weighted by atomic mass is 32.2. The van der Waals surface area contributed by atoms with Crippen molar-refractivity contribution < 1.29 is 8.42 Å². The summed E-state index contributed by atoms with van der Waals surface area (Å²) >= 11 is 1.76. The van der Waals surface area contributed by atoms with Gasteiger partial charge in [-0.05, 0) is 46.7 Å². The Kier molecular flexibility index (Phi) is 7.32. The van der Waals surface area contributed by atoms with Crippen LogP contribution >= 0.6 is 11.8 Å². The van der Waals surface area contributed by atoms with Gasteiger partial charge in [-0.25, -0.2) is 8.42 Å². The lowest BCUT2D eigenvalue weighted by molar-refractivity contribution is 0.262. The number of thioether (sulfide) groups is 1. The molecule has 1 N–H and O–H groups in total. The Morgan fingerprint density at radius 2 is 2.00 bits per heavy atom. The largest absolute Gasteiger partial charge is 0.312 e. The lowest BCUT2D eigenvalue weighted by atomic mass is 10.1. The van der Waals surface area contributed by atoms with Gasteiger partial charge in [0, 0.05) is 29.3 Å². The van der Waals surface area contributed by atoms with Crippen LogP contribution in [0.4, 0.5) is 0 Å². The van der Waals surface area contributed by atoms with E-state index >= 15 is 0 Å². The van der Waals surface area contributed by atoms with Crippen molar-refractivity contribution >= 4 is 21.6 Å². The third-order valence-corrected chi connectivity index (χ3v) is 6.87. The number of nitrogens with one attached hydrogen (secondary N) is 1. The molecular weight excluding hydrogens is 292 g/mol. The molecule has 0 aromatic heterocycles. The van der Waals surface area contributed by atoms with E-state index in [-0.39, 0.29) is 16.7 Å². The molecule has 1 aliphatic heterocycles. The molecule has 4 nitrogen and oxygen atoms in total. The summed E-state index contributed by atoms with van der Waals surface area (Å²) in [6.07, 6.45) is 2.16. The molecule has 0 aromatic rings. The van der Waals surface area contributed by atoms with E-state index in [9.17, 15) is 8.42 Å². The predicted molar refractivity (Wildman–Crippen MR) is 89.1 cm³/mol. The molecule has 1 fully saturated rings. The molecule has 1 heterocycles. The maximum atomic E-state index is 12.1. The van der Waals surface area contributed by atoms with E-state index in [1.165, 1.54) is 0 Å². The minimum Gasteiger partial charge on any atom is -0.312 e. The zero-order chi connectivity index (χ0) is 15.2. The summed E-state index contributed by atoms with van der Waals surface area (Å²) in [7, 11) is -2.95. The summed E-state index contributed by atoms with van der Waals surface area (Å²) in [5.41, 5.74) is 0.163. The van der Waals surface area contributed by atoms with Gasteiger partial charge in [0.2, 0.25) is 0 Å². The first-order valence-electron chi connectivity index (χ1n) is 7.54. The fourth-order valence-electron chi connectivity index (χ4n) is 2.30. The lowest BCUT2D eigenvalue weighted by Crippen LogP contribution is -2.48. The number of hydrogen-bond acceptors (Lipinski definition) is 5. The summed E-state index contributed by atoms with van der Waals surface area (Å²) in [5.74, 6) is 2.03. The minimum absolute atomic E-state index is 0.163. The van der Waals surface area contributed by atoms with Gasteiger partial charge in [-0.2, -0.15) is 11.8 Å². The summed E-state index contributed by atoms with van der Waals surface area (Å²) < 4.78 is 24.2. The third-order valence-electron chi connectivity index (χ3n) is 3.53. The van der Waals surface area contributed by atoms with Crippen molar-refractivity contribution in [3.8, 4) is 0 Å². The van der Waals surface area contributed by atoms with Crippen molar-refractivity contribution in [3.05, 3.63) is 0 Å². The van der Waals surface area contributed by atoms with Crippen molar-refractivity contribution in [1.82, 2.24) is 10.2 Å². The molecule has 0 amide bonds. The Balaban J connectivity index is 2.37. The molecular formula is C14H30N2O2S2. The maximum Gasteiger partial charge on any atom is 0.166 e. The summed E-state index contributed by atoms with van der Waals surface area (Å²) in [4.78, 5) is 2.17. The molecule has 1 rings (SSSR count). The zero-order valence-corrected chi connectivity index (χ0v) is 14.9. The van der Waals surface area contributed by atoms with E-state index in [4.69, 9.17) is 0 Å². The van der Waals surface area contributed by atoms with Crippen molar-refractivity contribution in [1.29, 1.82) is 0 Å². The van der Waals surface area contributed by atoms with Crippen molar-refractivity contribution in [3.63, 3.8) is 0 Å². The molecule has 0 bridgehead atoms. The minimum atomic E-state index is -2.95. The summed E-state index contributed by atoms with van der Waals surface area (Å²) in [5, 5.41) is 3.21. The molecule has 0 aliphatic carbocycles. The fraction of sp³-hybridized carbons (Fsp3) is 1.00. The molecule has 1 atom stereocenters. The Labute approximate surface area is 129 Å². The highest BCUT2D eigenvalue weighted by molar-refractivity contribution is 8.01. The molecule has 0 aromatic carbocycles. The van der Waals surface area contributed by atoms with Gasteiger partial charge in [0.15, 0.2) is 9.84 Å². The Morgan fingerprint density at radius 3 is 2.60 bits per heavy atom. The van der Waals surface area contributed by atoms with E-state index < -0.39 is 9.84 Å². The molecule has 1 aliphatic rings. The topological polar surface area (TPSA) is 49.4 Å². The summed E-state index contributed by atoms with van der Waals surface area (Å²) in [6, 6.07) is 0. The number of hydrogen-bond donors (Lipinski definition) is 1. The fourth-order valence-corrected chi connectivity index (χ4v) is 5.41. The second-order valence-electron chi connectivity index (χ2n) is 6.40. The van der Waals surface area contributed by atoms with E-state index in [2.05, 4.69) is 31.0 Å². The van der Waals surface area contributed by atoms with Gasteiger partial charge in [0.05, 0.1) is 0 Å². The first kappa shape index (κ1) is 18.3. The van der Waals surface area contributed by atoms with Crippen LogP contribution in [0.15, 0.2) is 0 Å². The molecule has 6 heteroatoms. The van der Waals surface area contributed by atoms with Crippen molar-refractivity contribution in [2.45, 2.75) is 51.4 Å². The molecule has 0 saturated carbocycles. The van der Waals surface area contributed by atoms with E-state index in [0.29, 0.717) is 0 Å². The Morgan fingerprint density at radius 1 is 1.30 bits per heavy atom. The number of sulfone groups is 1. The third kappa shape index (κ3) is 6.33. The first-order valence-corrected chi connectivity index (χ1v) is 10.4. The molecule has 120 valence electrons. The van der Waals surface area contributed by atoms with Crippen LogP contribution in [0.1, 0.15) is 40.5 Å². The van der Waals surface area contributed by atoms with Crippen molar-refractivity contribution in [2.24, 2.45) is 0 Å². The van der Waals surface area contributed by atoms with Gasteiger partial charge in [0.25, 0.3) is 0 Å². The molecule has 1 saturated heterocycles. The number of nitrogens with zero attached hydrogens (tertiary/aromatic N) is 1. The maximum absolute atomic E-state index is 12.1. The van der Waals surface area contributed by atoms with Crippen LogP contribution in [0, 0.1) is 0 Å². The number of rotatable bonds is 7. The first-order chi connectivity index (χ1) is 9.26. The van der Waals surface area contributed by atoms with Gasteiger partial charge < -0.3 is 5.32 Å². The standard InChI is InChI=1S/C14H30N2O2S2/c1-5-20(17,18)13-12-19-11-10-16(13)9-7-6-8-15-14(2,3)4/h13,15H,5-12H2,1-4H3. The molecule has 1 unspecified atom stereocenters. The van der Waals surface area contributed by atoms with Crippen LogP contribution in [-0.2, 0) is 9.84 Å². The van der Waals surface area contributed by atoms with Crippen LogP contribution in [0.5, 0.6) is 0 Å². The normalized spacial score (nSPS) is 22.1. The van der Waals surface area contributed by atoms with Gasteiger partial charge >= 0.3 is 0 Å². The Bertz CT molecular complexity index is 377. The highest BCUT2D eigenvalue weighted by Crippen LogP contribution is 2.21. The zero-order valence-electron chi connectivity index (χ0n) is 13.3. The quantitative estimate of drug-likeness (QED) is 0.726. The van der Waals surface area contributed by atoms with Gasteiger partial charge in [-0.15, -0.1) is 0 Å². The lowest BCUT2D eigenvalue weighted by Gasteiger charge is -2.34. The monoisotopic (exact) mass is 322 g/mol. The molecule has 0 spiro atoms. The van der Waals surface area contributed by atoms with E-state index in [1.54, 1.807) is 18.7 Å². The van der Waals surface area contributed by atoms with E-state index in [1.807, 2.05) is 0 Å². The van der Waals surface area contributed by atoms with E-state index in [0.717, 1.165) is 44.0 Å². The average molecular weight is 323 g/mol. The second-order valence-corrected chi connectivity index (χ2v) is 10.00. The number of unbranched alkanes of at least 4 members (excludes halogenated alkanes) is 1. The average Bonchev–Trinajstić information content (AvgIpc) is 2.37. The molecule has 0 radical (unpaired) electrons.